The lowest BCUT2D eigenvalue weighted by atomic mass is 9.97. The quantitative estimate of drug-likeness (QED) is 0.763. The molecule has 1 unspecified atom stereocenters. The molecule has 2 aliphatic rings. The summed E-state index contributed by atoms with van der Waals surface area (Å²) in [6, 6.07) is 13.6. The summed E-state index contributed by atoms with van der Waals surface area (Å²) in [7, 11) is 3.13. The molecule has 2 aromatic rings. The second-order valence-corrected chi connectivity index (χ2v) is 7.88. The van der Waals surface area contributed by atoms with Crippen molar-refractivity contribution in [2.75, 3.05) is 40.4 Å². The fourth-order valence-corrected chi connectivity index (χ4v) is 4.50. The van der Waals surface area contributed by atoms with Crippen LogP contribution in [0.5, 0.6) is 11.5 Å². The lowest BCUT2D eigenvalue weighted by molar-refractivity contribution is -0.133. The Labute approximate surface area is 177 Å². The van der Waals surface area contributed by atoms with E-state index in [2.05, 4.69) is 24.3 Å². The minimum atomic E-state index is -0.0775. The van der Waals surface area contributed by atoms with Gasteiger partial charge >= 0.3 is 0 Å². The van der Waals surface area contributed by atoms with Crippen LogP contribution in [-0.4, -0.2) is 62.0 Å². The molecule has 0 radical (unpaired) electrons. The SMILES string of the molecule is COc1ccc(C(=O)N2CCN(C(=O)CC3CCc4ccccc43)CC2)c(OC)c1. The van der Waals surface area contributed by atoms with Crippen LogP contribution in [0.1, 0.15) is 40.2 Å². The Morgan fingerprint density at radius 3 is 2.43 bits per heavy atom. The Bertz CT molecular complexity index is 935. The van der Waals surface area contributed by atoms with Gasteiger partial charge in [-0.2, -0.15) is 0 Å². The topological polar surface area (TPSA) is 59.1 Å². The van der Waals surface area contributed by atoms with Gasteiger partial charge in [-0.1, -0.05) is 24.3 Å². The number of carbonyl (C=O) groups is 2. The second kappa shape index (κ2) is 8.78. The van der Waals surface area contributed by atoms with Gasteiger partial charge in [0.25, 0.3) is 5.91 Å². The van der Waals surface area contributed by atoms with Gasteiger partial charge in [0.15, 0.2) is 0 Å². The monoisotopic (exact) mass is 408 g/mol. The van der Waals surface area contributed by atoms with Crippen LogP contribution in [0.4, 0.5) is 0 Å². The average Bonchev–Trinajstić information content (AvgIpc) is 3.21. The molecule has 4 rings (SSSR count). The van der Waals surface area contributed by atoms with Gasteiger partial charge in [-0.05, 0) is 42.0 Å². The van der Waals surface area contributed by atoms with Crippen molar-refractivity contribution < 1.29 is 19.1 Å². The van der Waals surface area contributed by atoms with E-state index in [1.807, 2.05) is 4.90 Å². The summed E-state index contributed by atoms with van der Waals surface area (Å²) >= 11 is 0. The number of amides is 2. The summed E-state index contributed by atoms with van der Waals surface area (Å²) in [6.45, 7) is 2.19. The molecule has 1 fully saturated rings. The molecule has 1 atom stereocenters. The number of aryl methyl sites for hydroxylation is 1. The average molecular weight is 408 g/mol. The summed E-state index contributed by atoms with van der Waals surface area (Å²) in [5.74, 6) is 1.57. The first-order valence-electron chi connectivity index (χ1n) is 10.5. The fourth-order valence-electron chi connectivity index (χ4n) is 4.50. The van der Waals surface area contributed by atoms with Gasteiger partial charge in [-0.25, -0.2) is 0 Å². The number of rotatable bonds is 5. The molecule has 0 saturated carbocycles. The zero-order valence-electron chi connectivity index (χ0n) is 17.6. The van der Waals surface area contributed by atoms with E-state index in [9.17, 15) is 9.59 Å². The molecule has 2 aromatic carbocycles. The van der Waals surface area contributed by atoms with Crippen molar-refractivity contribution in [1.29, 1.82) is 0 Å². The van der Waals surface area contributed by atoms with Gasteiger partial charge in [0, 0.05) is 38.7 Å². The Morgan fingerprint density at radius 1 is 0.967 bits per heavy atom. The van der Waals surface area contributed by atoms with Crippen molar-refractivity contribution in [3.63, 3.8) is 0 Å². The molecule has 1 heterocycles. The molecule has 6 nitrogen and oxygen atoms in total. The number of benzene rings is 2. The highest BCUT2D eigenvalue weighted by Crippen LogP contribution is 2.35. The third-order valence-electron chi connectivity index (χ3n) is 6.24. The molecule has 0 N–H and O–H groups in total. The Morgan fingerprint density at radius 2 is 1.70 bits per heavy atom. The van der Waals surface area contributed by atoms with Gasteiger partial charge in [0.1, 0.15) is 11.5 Å². The minimum absolute atomic E-state index is 0.0775. The van der Waals surface area contributed by atoms with E-state index in [1.165, 1.54) is 11.1 Å². The van der Waals surface area contributed by atoms with Crippen LogP contribution in [0.15, 0.2) is 42.5 Å². The lowest BCUT2D eigenvalue weighted by Crippen LogP contribution is -2.50. The number of methoxy groups -OCH3 is 2. The maximum Gasteiger partial charge on any atom is 0.257 e. The molecule has 0 aromatic heterocycles. The molecule has 0 bridgehead atoms. The number of ether oxygens (including phenoxy) is 2. The van der Waals surface area contributed by atoms with Crippen LogP contribution in [0.2, 0.25) is 0 Å². The van der Waals surface area contributed by atoms with Gasteiger partial charge in [0.05, 0.1) is 19.8 Å². The fraction of sp³-hybridized carbons (Fsp3) is 0.417. The first kappa shape index (κ1) is 20.3. The van der Waals surface area contributed by atoms with Crippen LogP contribution >= 0.6 is 0 Å². The molecule has 1 saturated heterocycles. The van der Waals surface area contributed by atoms with Crippen LogP contribution in [0.3, 0.4) is 0 Å². The standard InChI is InChI=1S/C24H28N2O4/c1-29-19-9-10-21(22(16-19)30-2)24(28)26-13-11-25(12-14-26)23(27)15-18-8-7-17-5-3-4-6-20(17)18/h3-6,9-10,16,18H,7-8,11-15H2,1-2H3. The van der Waals surface area contributed by atoms with Crippen molar-refractivity contribution in [2.45, 2.75) is 25.2 Å². The predicted molar refractivity (Wildman–Crippen MR) is 114 cm³/mol. The third-order valence-corrected chi connectivity index (χ3v) is 6.24. The Balaban J connectivity index is 1.35. The smallest absolute Gasteiger partial charge is 0.257 e. The summed E-state index contributed by atoms with van der Waals surface area (Å²) in [6.07, 6.45) is 2.65. The van der Waals surface area contributed by atoms with E-state index in [-0.39, 0.29) is 11.8 Å². The molecule has 2 amide bonds. The zero-order chi connectivity index (χ0) is 21.1. The molecule has 1 aliphatic heterocycles. The van der Waals surface area contributed by atoms with Crippen LogP contribution < -0.4 is 9.47 Å². The van der Waals surface area contributed by atoms with Crippen LogP contribution in [0, 0.1) is 0 Å². The largest absolute Gasteiger partial charge is 0.497 e. The Kier molecular flexibility index (Phi) is 5.93. The number of piperazine rings is 1. The summed E-state index contributed by atoms with van der Waals surface area (Å²) < 4.78 is 10.6. The van der Waals surface area contributed by atoms with E-state index in [4.69, 9.17) is 9.47 Å². The molecular weight excluding hydrogens is 380 g/mol. The molecule has 6 heteroatoms. The van der Waals surface area contributed by atoms with E-state index >= 15 is 0 Å². The molecular formula is C24H28N2O4. The minimum Gasteiger partial charge on any atom is -0.497 e. The highest BCUT2D eigenvalue weighted by atomic mass is 16.5. The Hall–Kier alpha value is -3.02. The summed E-state index contributed by atoms with van der Waals surface area (Å²) in [4.78, 5) is 29.5. The maximum atomic E-state index is 13.0. The third kappa shape index (κ3) is 3.99. The number of fused-ring (bicyclic) bond motifs is 1. The van der Waals surface area contributed by atoms with Crippen LogP contribution in [-0.2, 0) is 11.2 Å². The van der Waals surface area contributed by atoms with E-state index < -0.39 is 0 Å². The summed E-state index contributed by atoms with van der Waals surface area (Å²) in [5, 5.41) is 0. The van der Waals surface area contributed by atoms with Gasteiger partial charge in [-0.3, -0.25) is 9.59 Å². The van der Waals surface area contributed by atoms with Crippen molar-refractivity contribution in [3.8, 4) is 11.5 Å². The summed E-state index contributed by atoms with van der Waals surface area (Å²) in [5.41, 5.74) is 3.21. The first-order chi connectivity index (χ1) is 14.6. The van der Waals surface area contributed by atoms with Crippen LogP contribution in [0.25, 0.3) is 0 Å². The second-order valence-electron chi connectivity index (χ2n) is 7.88. The van der Waals surface area contributed by atoms with E-state index in [1.54, 1.807) is 37.3 Å². The van der Waals surface area contributed by atoms with Crippen molar-refractivity contribution in [2.24, 2.45) is 0 Å². The van der Waals surface area contributed by atoms with Crippen molar-refractivity contribution in [3.05, 3.63) is 59.2 Å². The maximum absolute atomic E-state index is 13.0. The van der Waals surface area contributed by atoms with E-state index in [0.717, 1.165) is 12.8 Å². The number of hydrogen-bond donors (Lipinski definition) is 0. The zero-order valence-corrected chi connectivity index (χ0v) is 17.6. The molecule has 30 heavy (non-hydrogen) atoms. The first-order valence-corrected chi connectivity index (χ1v) is 10.5. The van der Waals surface area contributed by atoms with Crippen molar-refractivity contribution in [1.82, 2.24) is 9.80 Å². The molecule has 1 aliphatic carbocycles. The molecule has 0 spiro atoms. The lowest BCUT2D eigenvalue weighted by Gasteiger charge is -2.35. The number of nitrogens with zero attached hydrogens (tertiary/aromatic N) is 2. The normalized spacial score (nSPS) is 18.1. The van der Waals surface area contributed by atoms with Gasteiger partial charge in [0.2, 0.25) is 5.91 Å². The number of hydrogen-bond acceptors (Lipinski definition) is 4. The van der Waals surface area contributed by atoms with E-state index in [0.29, 0.717) is 55.6 Å². The molecule has 158 valence electrons. The number of carbonyl (C=O) groups excluding carboxylic acids is 2. The van der Waals surface area contributed by atoms with Gasteiger partial charge in [-0.15, -0.1) is 0 Å². The predicted octanol–water partition coefficient (Wildman–Crippen LogP) is 3.11. The highest BCUT2D eigenvalue weighted by molar-refractivity contribution is 5.97. The van der Waals surface area contributed by atoms with Crippen molar-refractivity contribution >= 4 is 11.8 Å². The highest BCUT2D eigenvalue weighted by Gasteiger charge is 2.30. The van der Waals surface area contributed by atoms with Gasteiger partial charge < -0.3 is 19.3 Å².